The monoisotopic (exact) mass is 415 g/mol. The smallest absolute Gasteiger partial charge is 0.341 e. The minimum atomic E-state index is -1.22. The summed E-state index contributed by atoms with van der Waals surface area (Å²) in [6.07, 6.45) is 2.92. The van der Waals surface area contributed by atoms with Gasteiger partial charge in [-0.2, -0.15) is 0 Å². The van der Waals surface area contributed by atoms with E-state index in [-0.39, 0.29) is 17.0 Å². The van der Waals surface area contributed by atoms with E-state index in [1.165, 1.54) is 12.3 Å². The number of hydrogen-bond donors (Lipinski definition) is 1. The highest BCUT2D eigenvalue weighted by molar-refractivity contribution is 5.88. The standard InChI is InChI=1S/C23H29NO6/c1-23(2,3)21-10-14-9-20(30-8-6-7-28-4)19(29-5)11-15(14)17-12-18(25)16(22(26)27)13-24(17)21/h9,11-13,21H,6-8,10H2,1-5H3,(H,26,27)/t21-/m1/s1. The highest BCUT2D eigenvalue weighted by Gasteiger charge is 2.34. The van der Waals surface area contributed by atoms with Gasteiger partial charge in [0.2, 0.25) is 0 Å². The van der Waals surface area contributed by atoms with Crippen LogP contribution in [0.5, 0.6) is 11.5 Å². The van der Waals surface area contributed by atoms with Crippen molar-refractivity contribution in [3.8, 4) is 22.8 Å². The van der Waals surface area contributed by atoms with Crippen molar-refractivity contribution >= 4 is 5.97 Å². The number of carboxylic acids is 1. The Hall–Kier alpha value is -2.80. The number of aromatic nitrogens is 1. The van der Waals surface area contributed by atoms with Crippen molar-refractivity contribution in [1.29, 1.82) is 0 Å². The Morgan fingerprint density at radius 2 is 1.90 bits per heavy atom. The van der Waals surface area contributed by atoms with Crippen LogP contribution in [0.4, 0.5) is 0 Å². The second-order valence-electron chi connectivity index (χ2n) is 8.59. The predicted molar refractivity (Wildman–Crippen MR) is 114 cm³/mol. The Labute approximate surface area is 176 Å². The molecule has 0 fully saturated rings. The first kappa shape index (κ1) is 21.9. The Morgan fingerprint density at radius 3 is 2.50 bits per heavy atom. The van der Waals surface area contributed by atoms with Crippen LogP contribution in [-0.2, 0) is 11.2 Å². The molecule has 3 rings (SSSR count). The third-order valence-electron chi connectivity index (χ3n) is 5.47. The van der Waals surface area contributed by atoms with Gasteiger partial charge in [-0.25, -0.2) is 4.79 Å². The number of carboxylic acid groups (broad SMARTS) is 1. The molecule has 2 heterocycles. The number of hydrogen-bond acceptors (Lipinski definition) is 5. The van der Waals surface area contributed by atoms with Gasteiger partial charge in [-0.15, -0.1) is 0 Å². The molecule has 0 saturated heterocycles. The molecule has 30 heavy (non-hydrogen) atoms. The van der Waals surface area contributed by atoms with Gasteiger partial charge in [0.1, 0.15) is 5.56 Å². The number of benzene rings is 1. The van der Waals surface area contributed by atoms with Crippen LogP contribution in [0.25, 0.3) is 11.3 Å². The average molecular weight is 415 g/mol. The van der Waals surface area contributed by atoms with Crippen molar-refractivity contribution in [3.63, 3.8) is 0 Å². The number of rotatable bonds is 7. The number of methoxy groups -OCH3 is 2. The molecular weight excluding hydrogens is 386 g/mol. The molecule has 0 bridgehead atoms. The number of pyridine rings is 1. The number of nitrogens with zero attached hydrogens (tertiary/aromatic N) is 1. The molecule has 1 aliphatic rings. The van der Waals surface area contributed by atoms with Crippen molar-refractivity contribution < 1.29 is 24.1 Å². The zero-order valence-corrected chi connectivity index (χ0v) is 18.2. The number of fused-ring (bicyclic) bond motifs is 3. The fourth-order valence-corrected chi connectivity index (χ4v) is 3.88. The first-order valence-electron chi connectivity index (χ1n) is 10.00. The average Bonchev–Trinajstić information content (AvgIpc) is 2.68. The lowest BCUT2D eigenvalue weighted by molar-refractivity contribution is 0.0693. The van der Waals surface area contributed by atoms with Crippen molar-refractivity contribution in [3.05, 3.63) is 45.7 Å². The number of ether oxygens (including phenoxy) is 3. The van der Waals surface area contributed by atoms with Crippen LogP contribution in [0, 0.1) is 5.41 Å². The molecule has 0 aliphatic carbocycles. The van der Waals surface area contributed by atoms with E-state index < -0.39 is 11.4 Å². The van der Waals surface area contributed by atoms with Crippen LogP contribution in [0.15, 0.2) is 29.2 Å². The highest BCUT2D eigenvalue weighted by Crippen LogP contribution is 2.45. The second-order valence-corrected chi connectivity index (χ2v) is 8.59. The van der Waals surface area contributed by atoms with Crippen LogP contribution < -0.4 is 14.9 Å². The van der Waals surface area contributed by atoms with Gasteiger partial charge < -0.3 is 23.9 Å². The van der Waals surface area contributed by atoms with Crippen molar-refractivity contribution in [1.82, 2.24) is 4.57 Å². The first-order chi connectivity index (χ1) is 14.2. The molecule has 1 aromatic heterocycles. The van der Waals surface area contributed by atoms with E-state index in [9.17, 15) is 14.7 Å². The van der Waals surface area contributed by atoms with E-state index in [4.69, 9.17) is 14.2 Å². The Kier molecular flexibility index (Phi) is 6.22. The summed E-state index contributed by atoms with van der Waals surface area (Å²) in [6.45, 7) is 7.44. The largest absolute Gasteiger partial charge is 0.493 e. The normalized spacial score (nSPS) is 15.3. The van der Waals surface area contributed by atoms with Gasteiger partial charge in [0.25, 0.3) is 0 Å². The van der Waals surface area contributed by atoms with E-state index in [1.807, 2.05) is 16.7 Å². The first-order valence-corrected chi connectivity index (χ1v) is 10.00. The molecule has 1 N–H and O–H groups in total. The van der Waals surface area contributed by atoms with E-state index >= 15 is 0 Å². The molecule has 7 heteroatoms. The van der Waals surface area contributed by atoms with Gasteiger partial charge in [0, 0.05) is 44.0 Å². The van der Waals surface area contributed by atoms with Gasteiger partial charge in [-0.05, 0) is 29.5 Å². The summed E-state index contributed by atoms with van der Waals surface area (Å²) < 4.78 is 18.5. The van der Waals surface area contributed by atoms with Gasteiger partial charge >= 0.3 is 5.97 Å². The van der Waals surface area contributed by atoms with Crippen molar-refractivity contribution in [2.45, 2.75) is 39.7 Å². The van der Waals surface area contributed by atoms with E-state index in [0.29, 0.717) is 36.8 Å². The molecular formula is C23H29NO6. The molecule has 1 aromatic carbocycles. The highest BCUT2D eigenvalue weighted by atomic mass is 16.5. The SMILES string of the molecule is COCCCOc1cc2c(cc1OC)-c1cc(=O)c(C(=O)O)cn1[C@@H](C(C)(C)C)C2. The van der Waals surface area contributed by atoms with Gasteiger partial charge in [0.05, 0.1) is 19.4 Å². The lowest BCUT2D eigenvalue weighted by Gasteiger charge is -2.39. The predicted octanol–water partition coefficient (Wildman–Crippen LogP) is 3.78. The van der Waals surface area contributed by atoms with E-state index in [0.717, 1.165) is 17.5 Å². The molecule has 162 valence electrons. The van der Waals surface area contributed by atoms with Crippen LogP contribution in [0.1, 0.15) is 49.2 Å². The summed E-state index contributed by atoms with van der Waals surface area (Å²) in [4.78, 5) is 24.0. The molecule has 1 aliphatic heterocycles. The maximum absolute atomic E-state index is 12.5. The van der Waals surface area contributed by atoms with Crippen LogP contribution >= 0.6 is 0 Å². The van der Waals surface area contributed by atoms with Gasteiger partial charge in [0.15, 0.2) is 16.9 Å². The van der Waals surface area contributed by atoms with Crippen LogP contribution in [0.3, 0.4) is 0 Å². The van der Waals surface area contributed by atoms with Crippen LogP contribution in [0.2, 0.25) is 0 Å². The minimum Gasteiger partial charge on any atom is -0.493 e. The van der Waals surface area contributed by atoms with E-state index in [2.05, 4.69) is 20.8 Å². The number of carbonyl (C=O) groups is 1. The molecule has 2 aromatic rings. The topological polar surface area (TPSA) is 87.0 Å². The summed E-state index contributed by atoms with van der Waals surface area (Å²) in [5, 5.41) is 9.43. The van der Waals surface area contributed by atoms with Gasteiger partial charge in [-0.3, -0.25) is 4.79 Å². The zero-order valence-electron chi connectivity index (χ0n) is 18.2. The number of aromatic carboxylic acids is 1. The maximum Gasteiger partial charge on any atom is 0.341 e. The van der Waals surface area contributed by atoms with Crippen molar-refractivity contribution in [2.75, 3.05) is 27.4 Å². The molecule has 1 atom stereocenters. The van der Waals surface area contributed by atoms with Crippen molar-refractivity contribution in [2.24, 2.45) is 5.41 Å². The Morgan fingerprint density at radius 1 is 1.17 bits per heavy atom. The lowest BCUT2D eigenvalue weighted by atomic mass is 9.78. The lowest BCUT2D eigenvalue weighted by Crippen LogP contribution is -2.32. The second kappa shape index (κ2) is 8.52. The fourth-order valence-electron chi connectivity index (χ4n) is 3.88. The third-order valence-corrected chi connectivity index (χ3v) is 5.47. The van der Waals surface area contributed by atoms with E-state index in [1.54, 1.807) is 14.2 Å². The summed E-state index contributed by atoms with van der Waals surface area (Å²) in [6, 6.07) is 5.23. The molecule has 0 spiro atoms. The summed E-state index contributed by atoms with van der Waals surface area (Å²) in [7, 11) is 3.23. The molecule has 0 unspecified atom stereocenters. The zero-order chi connectivity index (χ0) is 22.1. The molecule has 0 amide bonds. The molecule has 0 radical (unpaired) electrons. The maximum atomic E-state index is 12.5. The van der Waals surface area contributed by atoms with Crippen LogP contribution in [-0.4, -0.2) is 43.1 Å². The Bertz CT molecular complexity index is 1000. The fraction of sp³-hybridized carbons (Fsp3) is 0.478. The summed E-state index contributed by atoms with van der Waals surface area (Å²) in [5.41, 5.74) is 1.70. The molecule has 7 nitrogen and oxygen atoms in total. The Balaban J connectivity index is 2.14. The third kappa shape index (κ3) is 4.21. The quantitative estimate of drug-likeness (QED) is 0.693. The summed E-state index contributed by atoms with van der Waals surface area (Å²) in [5.74, 6) is 0.00537. The summed E-state index contributed by atoms with van der Waals surface area (Å²) >= 11 is 0. The minimum absolute atomic E-state index is 0.0200. The molecule has 0 saturated carbocycles. The van der Waals surface area contributed by atoms with Gasteiger partial charge in [-0.1, -0.05) is 20.8 Å².